The molecule has 0 saturated heterocycles. The Labute approximate surface area is 109 Å². The molecule has 2 heterocycles. The van der Waals surface area contributed by atoms with Crippen molar-refractivity contribution in [2.45, 2.75) is 24.3 Å². The van der Waals surface area contributed by atoms with E-state index in [1.807, 2.05) is 0 Å². The predicted octanol–water partition coefficient (Wildman–Crippen LogP) is 0.750. The van der Waals surface area contributed by atoms with Crippen LogP contribution < -0.4 is 4.72 Å². The number of nitrogens with one attached hydrogen (secondary N) is 2. The van der Waals surface area contributed by atoms with E-state index in [-0.39, 0.29) is 17.4 Å². The summed E-state index contributed by atoms with van der Waals surface area (Å²) < 4.78 is 26.7. The molecule has 0 amide bonds. The van der Waals surface area contributed by atoms with Gasteiger partial charge in [0, 0.05) is 16.8 Å². The average molecular weight is 287 g/mol. The quantitative estimate of drug-likeness (QED) is 0.756. The second-order valence-electron chi connectivity index (χ2n) is 3.73. The molecule has 0 aromatic carbocycles. The monoisotopic (exact) mass is 287 g/mol. The van der Waals surface area contributed by atoms with Crippen molar-refractivity contribution in [2.75, 3.05) is 0 Å². The number of aromatic nitrogens is 2. The first-order valence-electron chi connectivity index (χ1n) is 5.20. The Morgan fingerprint density at radius 1 is 1.56 bits per heavy atom. The molecule has 0 unspecified atom stereocenters. The van der Waals surface area contributed by atoms with Gasteiger partial charge in [-0.1, -0.05) is 0 Å². The number of nitrogens with zero attached hydrogens (tertiary/aromatic N) is 1. The minimum atomic E-state index is -3.54. The van der Waals surface area contributed by atoms with Crippen molar-refractivity contribution in [1.82, 2.24) is 14.7 Å². The number of sulfonamides is 1. The van der Waals surface area contributed by atoms with Gasteiger partial charge in [-0.05, 0) is 18.6 Å². The van der Waals surface area contributed by atoms with Gasteiger partial charge in [-0.15, -0.1) is 11.3 Å². The van der Waals surface area contributed by atoms with Crippen LogP contribution in [0.25, 0.3) is 0 Å². The number of hydrogen-bond acceptors (Lipinski definition) is 5. The number of aliphatic hydroxyl groups excluding tert-OH is 1. The molecule has 3 N–H and O–H groups in total. The summed E-state index contributed by atoms with van der Waals surface area (Å²) in [6.45, 7) is 1.79. The fourth-order valence-electron chi connectivity index (χ4n) is 1.40. The molecule has 2 rings (SSSR count). The van der Waals surface area contributed by atoms with Gasteiger partial charge in [0.15, 0.2) is 0 Å². The number of rotatable bonds is 5. The number of H-pyrrole nitrogens is 1. The van der Waals surface area contributed by atoms with Crippen LogP contribution in [-0.4, -0.2) is 23.5 Å². The number of hydrogen-bond donors (Lipinski definition) is 3. The van der Waals surface area contributed by atoms with Crippen LogP contribution in [0.1, 0.15) is 16.1 Å². The molecule has 0 spiro atoms. The Balaban J connectivity index is 2.14. The van der Waals surface area contributed by atoms with Gasteiger partial charge in [0.25, 0.3) is 0 Å². The zero-order valence-corrected chi connectivity index (χ0v) is 11.3. The Bertz CT molecular complexity index is 617. The van der Waals surface area contributed by atoms with Crippen molar-refractivity contribution in [3.8, 4) is 0 Å². The van der Waals surface area contributed by atoms with Crippen molar-refractivity contribution in [1.29, 1.82) is 0 Å². The lowest BCUT2D eigenvalue weighted by molar-refractivity contribution is 0.285. The van der Waals surface area contributed by atoms with Gasteiger partial charge in [0.2, 0.25) is 10.0 Å². The third-order valence-electron chi connectivity index (χ3n) is 2.41. The Morgan fingerprint density at radius 2 is 2.33 bits per heavy atom. The Kier molecular flexibility index (Phi) is 3.81. The van der Waals surface area contributed by atoms with Gasteiger partial charge in [-0.25, -0.2) is 18.1 Å². The van der Waals surface area contributed by atoms with E-state index >= 15 is 0 Å². The zero-order chi connectivity index (χ0) is 13.2. The molecule has 18 heavy (non-hydrogen) atoms. The normalized spacial score (nSPS) is 11.9. The summed E-state index contributed by atoms with van der Waals surface area (Å²) in [5, 5.41) is 9.06. The maximum atomic E-state index is 12.0. The molecular formula is C10H13N3O3S2. The van der Waals surface area contributed by atoms with Crippen LogP contribution in [0.4, 0.5) is 0 Å². The van der Waals surface area contributed by atoms with Crippen LogP contribution in [0, 0.1) is 6.92 Å². The SMILES string of the molecule is Cc1cc(S(=O)(=O)NCc2cnc[nH]2)sc1CO. The lowest BCUT2D eigenvalue weighted by Crippen LogP contribution is -2.22. The minimum Gasteiger partial charge on any atom is -0.391 e. The molecule has 0 bridgehead atoms. The van der Waals surface area contributed by atoms with Gasteiger partial charge in [-0.2, -0.15) is 0 Å². The Hall–Kier alpha value is -1.22. The summed E-state index contributed by atoms with van der Waals surface area (Å²) >= 11 is 1.08. The summed E-state index contributed by atoms with van der Waals surface area (Å²) in [7, 11) is -3.54. The van der Waals surface area contributed by atoms with Crippen LogP contribution >= 0.6 is 11.3 Å². The van der Waals surface area contributed by atoms with E-state index in [2.05, 4.69) is 14.7 Å². The van der Waals surface area contributed by atoms with Crippen LogP contribution in [-0.2, 0) is 23.2 Å². The highest BCUT2D eigenvalue weighted by Gasteiger charge is 2.18. The first-order valence-corrected chi connectivity index (χ1v) is 7.50. The number of aryl methyl sites for hydroxylation is 1. The molecule has 0 saturated carbocycles. The first-order chi connectivity index (χ1) is 8.53. The number of imidazole rings is 1. The number of thiophene rings is 1. The van der Waals surface area contributed by atoms with Gasteiger partial charge >= 0.3 is 0 Å². The third kappa shape index (κ3) is 2.78. The van der Waals surface area contributed by atoms with Crippen molar-refractivity contribution >= 4 is 21.4 Å². The van der Waals surface area contributed by atoms with Gasteiger partial charge in [0.1, 0.15) is 4.21 Å². The summed E-state index contributed by atoms with van der Waals surface area (Å²) in [5.74, 6) is 0. The fraction of sp³-hybridized carbons (Fsp3) is 0.300. The summed E-state index contributed by atoms with van der Waals surface area (Å²) in [5.41, 5.74) is 1.47. The summed E-state index contributed by atoms with van der Waals surface area (Å²) in [4.78, 5) is 7.28. The second kappa shape index (κ2) is 5.19. The number of aromatic amines is 1. The lowest BCUT2D eigenvalue weighted by Gasteiger charge is -2.02. The van der Waals surface area contributed by atoms with Gasteiger partial charge in [0.05, 0.1) is 19.5 Å². The molecule has 6 nitrogen and oxygen atoms in total. The molecular weight excluding hydrogens is 274 g/mol. The van der Waals surface area contributed by atoms with Gasteiger partial charge in [-0.3, -0.25) is 0 Å². The predicted molar refractivity (Wildman–Crippen MR) is 67.6 cm³/mol. The molecule has 98 valence electrons. The van der Waals surface area contributed by atoms with E-state index in [1.165, 1.54) is 6.33 Å². The highest BCUT2D eigenvalue weighted by atomic mass is 32.2. The topological polar surface area (TPSA) is 95.1 Å². The molecule has 0 aliphatic rings. The number of aliphatic hydroxyl groups is 1. The van der Waals surface area contributed by atoms with E-state index < -0.39 is 10.0 Å². The molecule has 0 aliphatic heterocycles. The highest BCUT2D eigenvalue weighted by Crippen LogP contribution is 2.25. The maximum Gasteiger partial charge on any atom is 0.250 e. The van der Waals surface area contributed by atoms with E-state index in [1.54, 1.807) is 19.2 Å². The maximum absolute atomic E-state index is 12.0. The van der Waals surface area contributed by atoms with Crippen LogP contribution in [0.15, 0.2) is 22.8 Å². The molecule has 0 aliphatic carbocycles. The van der Waals surface area contributed by atoms with Crippen molar-refractivity contribution < 1.29 is 13.5 Å². The first kappa shape index (κ1) is 13.2. The van der Waals surface area contributed by atoms with E-state index in [0.717, 1.165) is 16.9 Å². The Morgan fingerprint density at radius 3 is 2.89 bits per heavy atom. The van der Waals surface area contributed by atoms with Gasteiger partial charge < -0.3 is 10.1 Å². The summed E-state index contributed by atoms with van der Waals surface area (Å²) in [6, 6.07) is 1.56. The van der Waals surface area contributed by atoms with Crippen molar-refractivity contribution in [3.63, 3.8) is 0 Å². The van der Waals surface area contributed by atoms with E-state index in [4.69, 9.17) is 5.11 Å². The highest BCUT2D eigenvalue weighted by molar-refractivity contribution is 7.91. The second-order valence-corrected chi connectivity index (χ2v) is 6.86. The smallest absolute Gasteiger partial charge is 0.250 e. The molecule has 2 aromatic heterocycles. The van der Waals surface area contributed by atoms with Crippen molar-refractivity contribution in [3.05, 3.63) is 34.7 Å². The largest absolute Gasteiger partial charge is 0.391 e. The standard InChI is InChI=1S/C10H13N3O3S2/c1-7-2-10(17-9(7)5-14)18(15,16)13-4-8-3-11-6-12-8/h2-3,6,13-14H,4-5H2,1H3,(H,11,12). The molecule has 0 fully saturated rings. The van der Waals surface area contributed by atoms with E-state index in [0.29, 0.717) is 10.6 Å². The fourth-order valence-corrected chi connectivity index (χ4v) is 3.90. The molecule has 8 heteroatoms. The molecule has 0 radical (unpaired) electrons. The zero-order valence-electron chi connectivity index (χ0n) is 9.67. The average Bonchev–Trinajstić information content (AvgIpc) is 2.95. The van der Waals surface area contributed by atoms with Crippen molar-refractivity contribution in [2.24, 2.45) is 0 Å². The lowest BCUT2D eigenvalue weighted by atomic mass is 10.3. The molecule has 0 atom stereocenters. The van der Waals surface area contributed by atoms with Crippen LogP contribution in [0.3, 0.4) is 0 Å². The van der Waals surface area contributed by atoms with Crippen LogP contribution in [0.2, 0.25) is 0 Å². The summed E-state index contributed by atoms with van der Waals surface area (Å²) in [6.07, 6.45) is 3.05. The minimum absolute atomic E-state index is 0.146. The van der Waals surface area contributed by atoms with E-state index in [9.17, 15) is 8.42 Å². The third-order valence-corrected chi connectivity index (χ3v) is 5.51. The molecule has 2 aromatic rings. The van der Waals surface area contributed by atoms with Crippen LogP contribution in [0.5, 0.6) is 0 Å².